The molecule has 0 heterocycles. The van der Waals surface area contributed by atoms with Gasteiger partial charge >= 0.3 is 26.9 Å². The molecule has 0 saturated carbocycles. The van der Waals surface area contributed by atoms with Gasteiger partial charge in [0.15, 0.2) is 36.2 Å². The van der Waals surface area contributed by atoms with Crippen molar-refractivity contribution in [3.05, 3.63) is 11.8 Å². The second-order valence-corrected chi connectivity index (χ2v) is 23.4. The Balaban J connectivity index is 5.44. The lowest BCUT2D eigenvalue weighted by Crippen LogP contribution is -2.56. The zero-order valence-corrected chi connectivity index (χ0v) is 25.1. The molecule has 0 saturated heterocycles. The van der Waals surface area contributed by atoms with E-state index in [1.54, 1.807) is 0 Å². The highest BCUT2D eigenvalue weighted by Crippen LogP contribution is 2.20. The van der Waals surface area contributed by atoms with Crippen molar-refractivity contribution in [1.82, 2.24) is 0 Å². The minimum absolute atomic E-state index is 0.953. The lowest BCUT2D eigenvalue weighted by atomic mass is 10.8. The van der Waals surface area contributed by atoms with Gasteiger partial charge in [0.05, 0.1) is 0 Å². The summed E-state index contributed by atoms with van der Waals surface area (Å²) < 4.78 is 37.5. The monoisotopic (exact) mass is 483 g/mol. The highest BCUT2D eigenvalue weighted by Gasteiger charge is 2.45. The summed E-state index contributed by atoms with van der Waals surface area (Å²) in [7, 11) is -11.1. The first-order valence-corrected chi connectivity index (χ1v) is 24.1. The molecule has 0 aromatic carbocycles. The van der Waals surface area contributed by atoms with Crippen LogP contribution in [0.4, 0.5) is 0 Å². The lowest BCUT2D eigenvalue weighted by molar-refractivity contribution is 0.223. The summed E-state index contributed by atoms with van der Waals surface area (Å²) in [5.74, 6) is 0. The molecule has 0 fully saturated rings. The lowest BCUT2D eigenvalue weighted by Gasteiger charge is -2.36. The highest BCUT2D eigenvalue weighted by atomic mass is 28.5. The summed E-state index contributed by atoms with van der Waals surface area (Å²) in [6.45, 7) is 22.7. The van der Waals surface area contributed by atoms with E-state index in [0.717, 1.165) is 0 Å². The third kappa shape index (κ3) is 12.5. The fraction of sp³-hybridized carbons (Fsp3) is 0.846. The quantitative estimate of drug-likeness (QED) is 0.371. The van der Waals surface area contributed by atoms with Crippen LogP contribution in [0.1, 0.15) is 6.92 Å². The molecule has 0 aromatic heterocycles. The minimum atomic E-state index is -2.77. The molecule has 0 spiro atoms. The predicted octanol–water partition coefficient (Wildman–Crippen LogP) is 3.83. The zero-order valence-electron chi connectivity index (χ0n) is 18.1. The molecular formula is C13H35O6Si7. The molecule has 0 aliphatic rings. The average Bonchev–Trinajstić information content (AvgIpc) is 2.32. The van der Waals surface area contributed by atoms with Crippen LogP contribution >= 0.6 is 0 Å². The van der Waals surface area contributed by atoms with E-state index in [0.29, 0.717) is 0 Å². The van der Waals surface area contributed by atoms with Gasteiger partial charge in [-0.05, 0) is 65.0 Å². The van der Waals surface area contributed by atoms with Crippen LogP contribution in [0, 0.1) is 0 Å². The summed E-state index contributed by atoms with van der Waals surface area (Å²) in [5, 5.41) is 0. The molecule has 0 rings (SSSR count). The normalized spacial score (nSPS) is 14.2. The van der Waals surface area contributed by atoms with E-state index in [4.69, 9.17) is 24.7 Å². The molecule has 0 aromatic rings. The van der Waals surface area contributed by atoms with Gasteiger partial charge in [0, 0.05) is 13.1 Å². The van der Waals surface area contributed by atoms with E-state index in [1.165, 1.54) is 0 Å². The van der Waals surface area contributed by atoms with E-state index in [1.807, 2.05) is 31.8 Å². The Morgan fingerprint density at radius 1 is 0.538 bits per heavy atom. The van der Waals surface area contributed by atoms with E-state index in [2.05, 4.69) is 52.4 Å². The van der Waals surface area contributed by atoms with Gasteiger partial charge < -0.3 is 24.7 Å². The summed E-state index contributed by atoms with van der Waals surface area (Å²) in [4.78, 5) is 0. The van der Waals surface area contributed by atoms with Crippen molar-refractivity contribution in [3.8, 4) is 0 Å². The maximum Gasteiger partial charge on any atom is 0.467 e. The number of hydrogen-bond acceptors (Lipinski definition) is 6. The molecule has 0 amide bonds. The number of rotatable bonds is 13. The molecule has 6 nitrogen and oxygen atoms in total. The van der Waals surface area contributed by atoms with Gasteiger partial charge in [0.2, 0.25) is 0 Å². The Morgan fingerprint density at radius 2 is 0.808 bits per heavy atom. The second kappa shape index (κ2) is 12.6. The molecule has 26 heavy (non-hydrogen) atoms. The molecule has 0 N–H and O–H groups in total. The van der Waals surface area contributed by atoms with Crippen molar-refractivity contribution in [2.24, 2.45) is 0 Å². The van der Waals surface area contributed by atoms with E-state index < -0.39 is 63.1 Å². The van der Waals surface area contributed by atoms with Crippen LogP contribution in [0.15, 0.2) is 11.8 Å². The Bertz CT molecular complexity index is 370. The molecule has 151 valence electrons. The fourth-order valence-corrected chi connectivity index (χ4v) is 21.6. The minimum Gasteiger partial charge on any atom is -0.417 e. The number of allylic oxidation sites excluding steroid dienone is 1. The van der Waals surface area contributed by atoms with Crippen LogP contribution in [0.25, 0.3) is 0 Å². The summed E-state index contributed by atoms with van der Waals surface area (Å²) in [6, 6.07) is 0. The first-order valence-electron chi connectivity index (χ1n) is 8.65. The third-order valence-corrected chi connectivity index (χ3v) is 20.1. The van der Waals surface area contributed by atoms with Gasteiger partial charge in [-0.2, -0.15) is 0 Å². The molecule has 0 aliphatic carbocycles. The molecule has 5 radical (unpaired) electrons. The Hall–Kier alpha value is 1.02. The molecular weight excluding hydrogens is 449 g/mol. The van der Waals surface area contributed by atoms with Gasteiger partial charge in [-0.25, -0.2) is 0 Å². The van der Waals surface area contributed by atoms with Crippen molar-refractivity contribution in [1.29, 1.82) is 0 Å². The third-order valence-electron chi connectivity index (χ3n) is 2.43. The zero-order chi connectivity index (χ0) is 20.5. The first-order chi connectivity index (χ1) is 11.8. The Morgan fingerprint density at radius 3 is 1.00 bits per heavy atom. The smallest absolute Gasteiger partial charge is 0.417 e. The highest BCUT2D eigenvalue weighted by molar-refractivity contribution is 6.83. The predicted molar refractivity (Wildman–Crippen MR) is 120 cm³/mol. The Kier molecular flexibility index (Phi) is 13.0. The summed E-state index contributed by atoms with van der Waals surface area (Å²) in [6.07, 6.45) is 1.96. The Labute approximate surface area is 171 Å². The van der Waals surface area contributed by atoms with Gasteiger partial charge in [-0.15, -0.1) is 0 Å². The number of hydrogen-bond donors (Lipinski definition) is 0. The van der Waals surface area contributed by atoms with Crippen LogP contribution in [-0.2, 0) is 24.7 Å². The SMILES string of the molecule is CC=C[Si](O[Si](C)(O[Si](C)C)O[Si](C)C)O[Si](C)(O[Si](C)C)O[Si](C)C. The standard InChI is InChI=1S/C13H35O6Si7/c1-12-13-24(18-25(10,14-20(2)3)15-21(4)5)19-26(11,16-22(6)7)17-23(8)9/h12-13H,1-11H3. The van der Waals surface area contributed by atoms with Crippen LogP contribution in [0.3, 0.4) is 0 Å². The average molecular weight is 484 g/mol. The molecule has 13 heteroatoms. The molecule has 0 unspecified atom stereocenters. The van der Waals surface area contributed by atoms with E-state index >= 15 is 0 Å². The summed E-state index contributed by atoms with van der Waals surface area (Å²) in [5.41, 5.74) is 1.98. The first kappa shape index (κ1) is 27.0. The van der Waals surface area contributed by atoms with Crippen molar-refractivity contribution in [3.63, 3.8) is 0 Å². The van der Waals surface area contributed by atoms with Crippen LogP contribution < -0.4 is 0 Å². The fourth-order valence-electron chi connectivity index (χ4n) is 2.20. The molecule has 0 aliphatic heterocycles. The van der Waals surface area contributed by atoms with Gasteiger partial charge in [-0.1, -0.05) is 6.08 Å². The largest absolute Gasteiger partial charge is 0.467 e. The van der Waals surface area contributed by atoms with Crippen LogP contribution in [-0.4, -0.2) is 63.1 Å². The summed E-state index contributed by atoms with van der Waals surface area (Å²) >= 11 is 0. The van der Waals surface area contributed by atoms with Crippen molar-refractivity contribution < 1.29 is 24.7 Å². The second-order valence-electron chi connectivity index (χ2n) is 6.79. The van der Waals surface area contributed by atoms with Gasteiger partial charge in [0.1, 0.15) is 0 Å². The van der Waals surface area contributed by atoms with Crippen LogP contribution in [0.2, 0.25) is 65.5 Å². The molecule has 0 bridgehead atoms. The van der Waals surface area contributed by atoms with Crippen molar-refractivity contribution >= 4 is 63.1 Å². The van der Waals surface area contributed by atoms with Crippen molar-refractivity contribution in [2.75, 3.05) is 0 Å². The van der Waals surface area contributed by atoms with Gasteiger partial charge in [-0.3, -0.25) is 0 Å². The maximum absolute atomic E-state index is 6.39. The van der Waals surface area contributed by atoms with E-state index in [-0.39, 0.29) is 0 Å². The van der Waals surface area contributed by atoms with Crippen LogP contribution in [0.5, 0.6) is 0 Å². The van der Waals surface area contributed by atoms with Gasteiger partial charge in [0.25, 0.3) is 0 Å². The topological polar surface area (TPSA) is 55.4 Å². The van der Waals surface area contributed by atoms with E-state index in [9.17, 15) is 0 Å². The van der Waals surface area contributed by atoms with Crippen molar-refractivity contribution in [2.45, 2.75) is 72.4 Å². The maximum atomic E-state index is 6.39. The molecule has 0 atom stereocenters.